The highest BCUT2D eigenvalue weighted by Crippen LogP contribution is 2.26. The van der Waals surface area contributed by atoms with Crippen LogP contribution in [-0.2, 0) is 29.0 Å². The second kappa shape index (κ2) is 9.26. The van der Waals surface area contributed by atoms with Gasteiger partial charge in [-0.15, -0.1) is 0 Å². The molecule has 0 radical (unpaired) electrons. The largest absolute Gasteiger partial charge is 0.484 e. The SMILES string of the molecule is CN(C)C(=O)COc1ccc2c(c1)CC(NC(=O)OCc1ccccc1)CC2. The molecule has 1 aliphatic carbocycles. The number of fused-ring (bicyclic) bond motifs is 1. The van der Waals surface area contributed by atoms with E-state index in [-0.39, 0.29) is 25.2 Å². The summed E-state index contributed by atoms with van der Waals surface area (Å²) in [5, 5.41) is 2.95. The minimum absolute atomic E-state index is 0.0132. The Bertz CT molecular complexity index is 821. The quantitative estimate of drug-likeness (QED) is 0.834. The van der Waals surface area contributed by atoms with Crippen LogP contribution in [0.4, 0.5) is 4.79 Å². The zero-order valence-corrected chi connectivity index (χ0v) is 16.3. The Balaban J connectivity index is 1.52. The molecule has 2 aromatic rings. The molecule has 0 aliphatic heterocycles. The molecule has 0 fully saturated rings. The van der Waals surface area contributed by atoms with Crippen LogP contribution in [0.3, 0.4) is 0 Å². The van der Waals surface area contributed by atoms with E-state index in [1.54, 1.807) is 14.1 Å². The van der Waals surface area contributed by atoms with Crippen LogP contribution in [0.25, 0.3) is 0 Å². The van der Waals surface area contributed by atoms with E-state index in [1.807, 2.05) is 48.5 Å². The molecule has 28 heavy (non-hydrogen) atoms. The number of aryl methyl sites for hydroxylation is 1. The first-order chi connectivity index (χ1) is 13.5. The van der Waals surface area contributed by atoms with E-state index in [1.165, 1.54) is 10.5 Å². The highest BCUT2D eigenvalue weighted by Gasteiger charge is 2.21. The number of likely N-dealkylation sites (N-methyl/N-ethyl adjacent to an activating group) is 1. The maximum absolute atomic E-state index is 12.1. The number of ether oxygens (including phenoxy) is 2. The van der Waals surface area contributed by atoms with Crippen molar-refractivity contribution in [3.05, 3.63) is 65.2 Å². The molecule has 6 nitrogen and oxygen atoms in total. The molecule has 6 heteroatoms. The maximum Gasteiger partial charge on any atom is 0.407 e. The van der Waals surface area contributed by atoms with Gasteiger partial charge < -0.3 is 19.7 Å². The molecular formula is C22H26N2O4. The average molecular weight is 382 g/mol. The minimum atomic E-state index is -0.402. The van der Waals surface area contributed by atoms with Gasteiger partial charge in [-0.2, -0.15) is 0 Å². The molecule has 3 rings (SSSR count). The van der Waals surface area contributed by atoms with Gasteiger partial charge >= 0.3 is 6.09 Å². The molecule has 1 unspecified atom stereocenters. The lowest BCUT2D eigenvalue weighted by molar-refractivity contribution is -0.130. The fourth-order valence-corrected chi connectivity index (χ4v) is 3.15. The third-order valence-corrected chi connectivity index (χ3v) is 4.80. The van der Waals surface area contributed by atoms with Crippen molar-refractivity contribution in [2.75, 3.05) is 20.7 Å². The molecule has 0 heterocycles. The molecule has 0 spiro atoms. The van der Waals surface area contributed by atoms with Crippen molar-refractivity contribution in [1.82, 2.24) is 10.2 Å². The van der Waals surface area contributed by atoms with Crippen molar-refractivity contribution in [1.29, 1.82) is 0 Å². The molecule has 0 bridgehead atoms. The number of rotatable bonds is 6. The van der Waals surface area contributed by atoms with E-state index < -0.39 is 6.09 Å². The van der Waals surface area contributed by atoms with Gasteiger partial charge in [-0.3, -0.25) is 4.79 Å². The summed E-state index contributed by atoms with van der Waals surface area (Å²) in [5.41, 5.74) is 3.34. The van der Waals surface area contributed by atoms with Gasteiger partial charge in [-0.25, -0.2) is 4.79 Å². The van der Waals surface area contributed by atoms with Gasteiger partial charge in [0.15, 0.2) is 6.61 Å². The van der Waals surface area contributed by atoms with Crippen molar-refractivity contribution in [2.24, 2.45) is 0 Å². The van der Waals surface area contributed by atoms with E-state index in [0.29, 0.717) is 12.2 Å². The number of nitrogens with zero attached hydrogens (tertiary/aromatic N) is 1. The average Bonchev–Trinajstić information content (AvgIpc) is 2.70. The monoisotopic (exact) mass is 382 g/mol. The summed E-state index contributed by atoms with van der Waals surface area (Å²) in [6.45, 7) is 0.271. The second-order valence-corrected chi connectivity index (χ2v) is 7.15. The second-order valence-electron chi connectivity index (χ2n) is 7.15. The Hall–Kier alpha value is -3.02. The molecule has 148 valence electrons. The van der Waals surface area contributed by atoms with E-state index in [0.717, 1.165) is 24.0 Å². The number of carbonyl (C=O) groups excluding carboxylic acids is 2. The van der Waals surface area contributed by atoms with Gasteiger partial charge in [0.2, 0.25) is 0 Å². The maximum atomic E-state index is 12.1. The first-order valence-electron chi connectivity index (χ1n) is 9.43. The molecule has 1 aliphatic rings. The van der Waals surface area contributed by atoms with E-state index >= 15 is 0 Å². The Morgan fingerprint density at radius 1 is 1.11 bits per heavy atom. The fourth-order valence-electron chi connectivity index (χ4n) is 3.15. The van der Waals surface area contributed by atoms with Crippen LogP contribution < -0.4 is 10.1 Å². The summed E-state index contributed by atoms with van der Waals surface area (Å²) < 4.78 is 10.9. The summed E-state index contributed by atoms with van der Waals surface area (Å²) in [4.78, 5) is 25.3. The number of amides is 2. The molecule has 1 N–H and O–H groups in total. The summed E-state index contributed by atoms with van der Waals surface area (Å²) >= 11 is 0. The Morgan fingerprint density at radius 2 is 1.89 bits per heavy atom. The number of hydrogen-bond acceptors (Lipinski definition) is 4. The van der Waals surface area contributed by atoms with Crippen LogP contribution in [0.2, 0.25) is 0 Å². The van der Waals surface area contributed by atoms with Crippen LogP contribution >= 0.6 is 0 Å². The summed E-state index contributed by atoms with van der Waals surface area (Å²) in [6, 6.07) is 15.5. The van der Waals surface area contributed by atoms with Gasteiger partial charge in [-0.05, 0) is 48.1 Å². The predicted molar refractivity (Wildman–Crippen MR) is 106 cm³/mol. The van der Waals surface area contributed by atoms with Crippen molar-refractivity contribution in [3.63, 3.8) is 0 Å². The zero-order chi connectivity index (χ0) is 19.9. The standard InChI is InChI=1S/C22H26N2O4/c1-24(2)21(25)15-27-20-11-9-17-8-10-19(12-18(17)13-20)23-22(26)28-14-16-6-4-3-5-7-16/h3-7,9,11,13,19H,8,10,12,14-15H2,1-2H3,(H,23,26). The third kappa shape index (κ3) is 5.49. The first kappa shape index (κ1) is 19.7. The Morgan fingerprint density at radius 3 is 2.64 bits per heavy atom. The predicted octanol–water partition coefficient (Wildman–Crippen LogP) is 2.94. The number of benzene rings is 2. The van der Waals surface area contributed by atoms with Gasteiger partial charge in [0, 0.05) is 20.1 Å². The van der Waals surface area contributed by atoms with Gasteiger partial charge in [0.25, 0.3) is 5.91 Å². The third-order valence-electron chi connectivity index (χ3n) is 4.80. The van der Waals surface area contributed by atoms with Crippen molar-refractivity contribution in [2.45, 2.75) is 31.9 Å². The molecule has 2 amide bonds. The lowest BCUT2D eigenvalue weighted by atomic mass is 9.88. The molecule has 0 saturated carbocycles. The van der Waals surface area contributed by atoms with E-state index in [4.69, 9.17) is 9.47 Å². The lowest BCUT2D eigenvalue weighted by Crippen LogP contribution is -2.39. The molecule has 0 saturated heterocycles. The van der Waals surface area contributed by atoms with Crippen LogP contribution in [0.15, 0.2) is 48.5 Å². The van der Waals surface area contributed by atoms with E-state index in [9.17, 15) is 9.59 Å². The summed E-state index contributed by atoms with van der Waals surface area (Å²) in [6.07, 6.45) is 2.07. The molecule has 1 atom stereocenters. The van der Waals surface area contributed by atoms with Crippen molar-refractivity contribution in [3.8, 4) is 5.75 Å². The normalized spacial score (nSPS) is 15.3. The van der Waals surface area contributed by atoms with Crippen LogP contribution in [0.5, 0.6) is 5.75 Å². The van der Waals surface area contributed by atoms with Crippen LogP contribution in [-0.4, -0.2) is 43.6 Å². The topological polar surface area (TPSA) is 67.9 Å². The van der Waals surface area contributed by atoms with Crippen molar-refractivity contribution >= 4 is 12.0 Å². The summed E-state index contributed by atoms with van der Waals surface area (Å²) in [5.74, 6) is 0.583. The number of nitrogens with one attached hydrogen (secondary N) is 1. The minimum Gasteiger partial charge on any atom is -0.484 e. The highest BCUT2D eigenvalue weighted by atomic mass is 16.5. The summed E-state index contributed by atoms with van der Waals surface area (Å²) in [7, 11) is 3.40. The van der Waals surface area contributed by atoms with Crippen LogP contribution in [0, 0.1) is 0 Å². The first-order valence-corrected chi connectivity index (χ1v) is 9.43. The van der Waals surface area contributed by atoms with Gasteiger partial charge in [0.05, 0.1) is 0 Å². The lowest BCUT2D eigenvalue weighted by Gasteiger charge is -2.25. The van der Waals surface area contributed by atoms with E-state index in [2.05, 4.69) is 5.32 Å². The fraction of sp³-hybridized carbons (Fsp3) is 0.364. The molecular weight excluding hydrogens is 356 g/mol. The Kier molecular flexibility index (Phi) is 6.53. The van der Waals surface area contributed by atoms with Gasteiger partial charge in [0.1, 0.15) is 12.4 Å². The number of alkyl carbamates (subject to hydrolysis) is 1. The van der Waals surface area contributed by atoms with Crippen molar-refractivity contribution < 1.29 is 19.1 Å². The highest BCUT2D eigenvalue weighted by molar-refractivity contribution is 5.77. The van der Waals surface area contributed by atoms with Crippen LogP contribution in [0.1, 0.15) is 23.1 Å². The Labute approximate surface area is 165 Å². The van der Waals surface area contributed by atoms with Gasteiger partial charge in [-0.1, -0.05) is 36.4 Å². The zero-order valence-electron chi connectivity index (χ0n) is 16.3. The molecule has 0 aromatic heterocycles. The molecule has 2 aromatic carbocycles. The number of hydrogen-bond donors (Lipinski definition) is 1. The smallest absolute Gasteiger partial charge is 0.407 e. The number of carbonyl (C=O) groups is 2.